The number of nitrogens with two attached hydrogens (primary N) is 1. The van der Waals surface area contributed by atoms with Crippen LogP contribution in [0.4, 0.5) is 8.78 Å². The molecule has 0 aromatic heterocycles. The first-order valence-corrected chi connectivity index (χ1v) is 6.59. The van der Waals surface area contributed by atoms with Gasteiger partial charge in [-0.05, 0) is 54.3 Å². The summed E-state index contributed by atoms with van der Waals surface area (Å²) < 4.78 is 32.2. The van der Waals surface area contributed by atoms with Crippen molar-refractivity contribution >= 4 is 0 Å². The summed E-state index contributed by atoms with van der Waals surface area (Å²) in [5, 5.41) is 0. The number of hydrogen-bond donors (Lipinski definition) is 2. The number of hydrazine groups is 1. The number of rotatable bonds is 5. The molecule has 112 valence electrons. The van der Waals surface area contributed by atoms with Gasteiger partial charge in [0.1, 0.15) is 17.4 Å². The molecule has 0 radical (unpaired) electrons. The smallest absolute Gasteiger partial charge is 0.126 e. The van der Waals surface area contributed by atoms with Gasteiger partial charge in [0.25, 0.3) is 0 Å². The third-order valence-electron chi connectivity index (χ3n) is 3.45. The van der Waals surface area contributed by atoms with Crippen LogP contribution in [0.25, 0.3) is 0 Å². The largest absolute Gasteiger partial charge is 0.496 e. The molecule has 1 unspecified atom stereocenters. The molecule has 21 heavy (non-hydrogen) atoms. The van der Waals surface area contributed by atoms with Gasteiger partial charge in [-0.25, -0.2) is 8.78 Å². The fraction of sp³-hybridized carbons (Fsp3) is 0.250. The van der Waals surface area contributed by atoms with E-state index < -0.39 is 11.6 Å². The third-order valence-corrected chi connectivity index (χ3v) is 3.45. The molecule has 0 heterocycles. The third kappa shape index (κ3) is 3.56. The van der Waals surface area contributed by atoms with E-state index in [1.54, 1.807) is 7.11 Å². The van der Waals surface area contributed by atoms with Gasteiger partial charge >= 0.3 is 0 Å². The highest BCUT2D eigenvalue weighted by Gasteiger charge is 2.15. The number of nitrogens with one attached hydrogen (secondary N) is 1. The minimum absolute atomic E-state index is 0.256. The van der Waals surface area contributed by atoms with E-state index in [-0.39, 0.29) is 18.0 Å². The van der Waals surface area contributed by atoms with Crippen LogP contribution in [-0.4, -0.2) is 7.11 Å². The monoisotopic (exact) mass is 292 g/mol. The first-order valence-electron chi connectivity index (χ1n) is 6.59. The van der Waals surface area contributed by atoms with E-state index in [0.29, 0.717) is 0 Å². The molecule has 0 fully saturated rings. The standard InChI is InChI=1S/C16H18F2N2O/c1-10-7-11(3-6-16(10)21-2)15(20-19)9-12-8-13(17)4-5-14(12)18/h3-8,15,20H,9,19H2,1-2H3. The highest BCUT2D eigenvalue weighted by molar-refractivity contribution is 5.38. The molecule has 0 amide bonds. The molecule has 3 nitrogen and oxygen atoms in total. The number of benzene rings is 2. The molecule has 0 bridgehead atoms. The van der Waals surface area contributed by atoms with Crippen LogP contribution in [0.15, 0.2) is 36.4 Å². The summed E-state index contributed by atoms with van der Waals surface area (Å²) in [6.45, 7) is 1.92. The molecule has 2 aromatic carbocycles. The SMILES string of the molecule is COc1ccc(C(Cc2cc(F)ccc2F)NN)cc1C. The molecule has 0 saturated heterocycles. The molecule has 2 aromatic rings. The van der Waals surface area contributed by atoms with E-state index >= 15 is 0 Å². The normalized spacial score (nSPS) is 12.2. The van der Waals surface area contributed by atoms with Crippen LogP contribution >= 0.6 is 0 Å². The van der Waals surface area contributed by atoms with Gasteiger partial charge in [0.2, 0.25) is 0 Å². The molecular formula is C16H18F2N2O. The summed E-state index contributed by atoms with van der Waals surface area (Å²) in [5.74, 6) is 5.43. The Balaban J connectivity index is 2.27. The van der Waals surface area contributed by atoms with Crippen molar-refractivity contribution in [1.29, 1.82) is 0 Å². The lowest BCUT2D eigenvalue weighted by molar-refractivity contribution is 0.411. The number of methoxy groups -OCH3 is 1. The highest BCUT2D eigenvalue weighted by atomic mass is 19.1. The summed E-state index contributed by atoms with van der Waals surface area (Å²) in [7, 11) is 1.60. The molecule has 1 atom stereocenters. The van der Waals surface area contributed by atoms with Crippen LogP contribution in [0.1, 0.15) is 22.7 Å². The quantitative estimate of drug-likeness (QED) is 0.658. The summed E-state index contributed by atoms with van der Waals surface area (Å²) in [5.41, 5.74) is 4.77. The molecule has 5 heteroatoms. The average molecular weight is 292 g/mol. The van der Waals surface area contributed by atoms with Crippen LogP contribution in [0.5, 0.6) is 5.75 Å². The lowest BCUT2D eigenvalue weighted by Crippen LogP contribution is -2.30. The predicted octanol–water partition coefficient (Wildman–Crippen LogP) is 3.03. The Morgan fingerprint density at radius 3 is 2.57 bits per heavy atom. The van der Waals surface area contributed by atoms with Crippen LogP contribution in [-0.2, 0) is 6.42 Å². The molecular weight excluding hydrogens is 274 g/mol. The highest BCUT2D eigenvalue weighted by Crippen LogP contribution is 2.25. The minimum atomic E-state index is -0.465. The Kier molecular flexibility index (Phi) is 4.88. The van der Waals surface area contributed by atoms with E-state index in [9.17, 15) is 8.78 Å². The Morgan fingerprint density at radius 2 is 1.95 bits per heavy atom. The first-order chi connectivity index (χ1) is 10.0. The summed E-state index contributed by atoms with van der Waals surface area (Å²) >= 11 is 0. The second-order valence-corrected chi connectivity index (χ2v) is 4.89. The molecule has 0 aliphatic rings. The van der Waals surface area contributed by atoms with E-state index in [4.69, 9.17) is 10.6 Å². The van der Waals surface area contributed by atoms with Gasteiger partial charge in [-0.2, -0.15) is 0 Å². The molecule has 3 N–H and O–H groups in total. The lowest BCUT2D eigenvalue weighted by atomic mass is 9.97. The van der Waals surface area contributed by atoms with Gasteiger partial charge in [0.15, 0.2) is 0 Å². The van der Waals surface area contributed by atoms with Crippen LogP contribution < -0.4 is 16.0 Å². The second kappa shape index (κ2) is 6.65. The summed E-state index contributed by atoms with van der Waals surface area (Å²) in [4.78, 5) is 0. The lowest BCUT2D eigenvalue weighted by Gasteiger charge is -2.18. The van der Waals surface area contributed by atoms with Crippen molar-refractivity contribution < 1.29 is 13.5 Å². The molecule has 0 aliphatic heterocycles. The van der Waals surface area contributed by atoms with E-state index in [0.717, 1.165) is 29.0 Å². The van der Waals surface area contributed by atoms with E-state index in [1.165, 1.54) is 6.07 Å². The van der Waals surface area contributed by atoms with E-state index in [2.05, 4.69) is 5.43 Å². The van der Waals surface area contributed by atoms with Crippen molar-refractivity contribution in [3.63, 3.8) is 0 Å². The maximum atomic E-state index is 13.7. The number of hydrogen-bond acceptors (Lipinski definition) is 3. The van der Waals surface area contributed by atoms with Crippen molar-refractivity contribution in [3.05, 3.63) is 64.7 Å². The zero-order valence-corrected chi connectivity index (χ0v) is 12.0. The van der Waals surface area contributed by atoms with Gasteiger partial charge in [0.05, 0.1) is 13.2 Å². The molecule has 0 aliphatic carbocycles. The van der Waals surface area contributed by atoms with Crippen LogP contribution in [0.2, 0.25) is 0 Å². The fourth-order valence-electron chi connectivity index (χ4n) is 2.31. The minimum Gasteiger partial charge on any atom is -0.496 e. The zero-order chi connectivity index (χ0) is 15.4. The second-order valence-electron chi connectivity index (χ2n) is 4.89. The van der Waals surface area contributed by atoms with Crippen LogP contribution in [0.3, 0.4) is 0 Å². The topological polar surface area (TPSA) is 47.3 Å². The van der Waals surface area contributed by atoms with Crippen molar-refractivity contribution in [2.75, 3.05) is 7.11 Å². The summed E-state index contributed by atoms with van der Waals surface area (Å²) in [6.07, 6.45) is 0.256. The van der Waals surface area contributed by atoms with Crippen molar-refractivity contribution in [3.8, 4) is 5.75 Å². The number of ether oxygens (including phenoxy) is 1. The van der Waals surface area contributed by atoms with Crippen molar-refractivity contribution in [2.45, 2.75) is 19.4 Å². The Labute approximate surface area is 122 Å². The number of halogens is 2. The first kappa shape index (κ1) is 15.4. The summed E-state index contributed by atoms with van der Waals surface area (Å²) in [6, 6.07) is 8.70. The molecule has 0 spiro atoms. The molecule has 2 rings (SSSR count). The maximum Gasteiger partial charge on any atom is 0.126 e. The van der Waals surface area contributed by atoms with Gasteiger partial charge in [0, 0.05) is 0 Å². The van der Waals surface area contributed by atoms with Crippen LogP contribution in [0, 0.1) is 18.6 Å². The number of aryl methyl sites for hydroxylation is 1. The Morgan fingerprint density at radius 1 is 1.19 bits per heavy atom. The fourth-order valence-corrected chi connectivity index (χ4v) is 2.31. The van der Waals surface area contributed by atoms with E-state index in [1.807, 2.05) is 25.1 Å². The Bertz CT molecular complexity index is 632. The van der Waals surface area contributed by atoms with Gasteiger partial charge in [-0.1, -0.05) is 12.1 Å². The Hall–Kier alpha value is -1.98. The molecule has 0 saturated carbocycles. The predicted molar refractivity (Wildman–Crippen MR) is 77.9 cm³/mol. The van der Waals surface area contributed by atoms with Gasteiger partial charge < -0.3 is 4.74 Å². The maximum absolute atomic E-state index is 13.7. The van der Waals surface area contributed by atoms with Gasteiger partial charge in [-0.3, -0.25) is 11.3 Å². The zero-order valence-electron chi connectivity index (χ0n) is 12.0. The van der Waals surface area contributed by atoms with Crippen molar-refractivity contribution in [2.24, 2.45) is 5.84 Å². The van der Waals surface area contributed by atoms with Crippen molar-refractivity contribution in [1.82, 2.24) is 5.43 Å². The average Bonchev–Trinajstić information content (AvgIpc) is 2.48. The van der Waals surface area contributed by atoms with Gasteiger partial charge in [-0.15, -0.1) is 0 Å².